The van der Waals surface area contributed by atoms with Crippen LogP contribution in [0.25, 0.3) is 11.1 Å². The van der Waals surface area contributed by atoms with Crippen molar-refractivity contribution >= 4 is 0 Å². The zero-order chi connectivity index (χ0) is 43.1. The maximum absolute atomic E-state index is 14.9. The molecule has 0 heterocycles. The van der Waals surface area contributed by atoms with Gasteiger partial charge in [-0.15, -0.1) is 0 Å². The highest BCUT2D eigenvalue weighted by Gasteiger charge is 2.92. The third-order valence-corrected chi connectivity index (χ3v) is 7.28. The number of benzene rings is 2. The summed E-state index contributed by atoms with van der Waals surface area (Å²) in [5.74, 6) is -82.5. The maximum Gasteiger partial charge on any atom is 0.460 e. The van der Waals surface area contributed by atoms with Crippen LogP contribution < -0.4 is 9.47 Å². The summed E-state index contributed by atoms with van der Waals surface area (Å²) in [4.78, 5) is 0. The Morgan fingerprint density at radius 3 is 0.741 bits per heavy atom. The Balaban J connectivity index is 2.93. The number of ether oxygens (including phenoxy) is 2. The second-order valence-electron chi connectivity index (χ2n) is 10.6. The van der Waals surface area contributed by atoms with E-state index in [0.717, 1.165) is 0 Å². The molecule has 0 aliphatic rings. The quantitative estimate of drug-likeness (QED) is 0.187. The molecule has 0 saturated carbocycles. The number of hydrogen-bond donors (Lipinski definition) is 0. The summed E-state index contributed by atoms with van der Waals surface area (Å²) in [7, 11) is 0.865. The first kappa shape index (κ1) is 46.4. The average molecular weight is 850 g/mol. The van der Waals surface area contributed by atoms with Crippen LogP contribution in [0.1, 0.15) is 11.1 Å². The Kier molecular flexibility index (Phi) is 11.1. The van der Waals surface area contributed by atoms with E-state index in [1.165, 1.54) is 0 Å². The lowest BCUT2D eigenvalue weighted by atomic mass is 9.87. The zero-order valence-electron chi connectivity index (χ0n) is 25.1. The number of hydrogen-bond acceptors (Lipinski definition) is 2. The minimum Gasteiger partial charge on any atom is -0.496 e. The first-order valence-electron chi connectivity index (χ1n) is 12.9. The van der Waals surface area contributed by atoms with Gasteiger partial charge in [0.05, 0.1) is 14.2 Å². The molecular formula is C26H12F26O2. The summed E-state index contributed by atoms with van der Waals surface area (Å²) < 4.78 is 365. The second-order valence-corrected chi connectivity index (χ2v) is 10.6. The average Bonchev–Trinajstić information content (AvgIpc) is 3.02. The Labute approximate surface area is 280 Å². The molecule has 0 atom stereocenters. The molecule has 54 heavy (non-hydrogen) atoms. The number of halogens is 26. The monoisotopic (exact) mass is 850 g/mol. The van der Waals surface area contributed by atoms with Gasteiger partial charge in [-0.3, -0.25) is 0 Å². The van der Waals surface area contributed by atoms with Gasteiger partial charge in [-0.2, -0.15) is 114 Å². The summed E-state index contributed by atoms with van der Waals surface area (Å²) in [5.41, 5.74) is -9.09. The van der Waals surface area contributed by atoms with E-state index in [2.05, 4.69) is 9.47 Å². The van der Waals surface area contributed by atoms with Gasteiger partial charge in [0.15, 0.2) is 0 Å². The van der Waals surface area contributed by atoms with E-state index >= 15 is 0 Å². The van der Waals surface area contributed by atoms with Gasteiger partial charge in [-0.05, 0) is 36.4 Å². The number of alkyl halides is 26. The highest BCUT2D eigenvalue weighted by Crippen LogP contribution is 2.64. The van der Waals surface area contributed by atoms with Crippen molar-refractivity contribution in [2.24, 2.45) is 0 Å². The molecule has 0 amide bonds. The van der Waals surface area contributed by atoms with Gasteiger partial charge < -0.3 is 9.47 Å². The van der Waals surface area contributed by atoms with E-state index < -0.39 is 130 Å². The van der Waals surface area contributed by atoms with E-state index in [9.17, 15) is 114 Å². The number of rotatable bonds is 13. The molecular weight excluding hydrogens is 838 g/mol. The van der Waals surface area contributed by atoms with Crippen molar-refractivity contribution in [1.82, 2.24) is 0 Å². The third-order valence-electron chi connectivity index (χ3n) is 7.28. The van der Waals surface area contributed by atoms with Crippen LogP contribution in [0.15, 0.2) is 36.4 Å². The molecule has 0 aliphatic carbocycles. The predicted molar refractivity (Wildman–Crippen MR) is 124 cm³/mol. The molecule has 0 bridgehead atoms. The van der Waals surface area contributed by atoms with Gasteiger partial charge in [0.25, 0.3) is 0 Å². The molecule has 310 valence electrons. The van der Waals surface area contributed by atoms with E-state index in [-0.39, 0.29) is 12.1 Å². The second kappa shape index (κ2) is 12.9. The fraction of sp³-hybridized carbons (Fsp3) is 0.538. The van der Waals surface area contributed by atoms with Crippen LogP contribution in [0.3, 0.4) is 0 Å². The van der Waals surface area contributed by atoms with Crippen molar-refractivity contribution in [3.63, 3.8) is 0 Å². The Morgan fingerprint density at radius 2 is 0.537 bits per heavy atom. The molecule has 2 aromatic rings. The SMILES string of the molecule is COc1ccc(C(F)(F)C(F)(F)C(F)(F)C(F)(F)C(F)(F)C(F)(F)F)cc1-c1cc(C(F)(F)C(F)(F)C(F)(F)C(F)(F)C(F)(F)C(F)(F)F)ccc1OC. The molecule has 0 unspecified atom stereocenters. The Morgan fingerprint density at radius 1 is 0.315 bits per heavy atom. The molecule has 28 heteroatoms. The van der Waals surface area contributed by atoms with Gasteiger partial charge in [-0.1, -0.05) is 0 Å². The maximum atomic E-state index is 14.9. The summed E-state index contributed by atoms with van der Waals surface area (Å²) in [6.45, 7) is 0. The molecule has 0 spiro atoms. The van der Waals surface area contributed by atoms with Crippen molar-refractivity contribution in [3.8, 4) is 22.6 Å². The highest BCUT2D eigenvalue weighted by molar-refractivity contribution is 5.77. The van der Waals surface area contributed by atoms with E-state index in [4.69, 9.17) is 0 Å². The molecule has 2 aromatic carbocycles. The van der Waals surface area contributed by atoms with Gasteiger partial charge in [0.1, 0.15) is 11.5 Å². The van der Waals surface area contributed by atoms with Crippen LogP contribution >= 0.6 is 0 Å². The van der Waals surface area contributed by atoms with Crippen molar-refractivity contribution in [1.29, 1.82) is 0 Å². The molecule has 0 radical (unpaired) electrons. The first-order valence-corrected chi connectivity index (χ1v) is 12.9. The Bertz CT molecular complexity index is 1560. The van der Waals surface area contributed by atoms with E-state index in [1.54, 1.807) is 0 Å². The smallest absolute Gasteiger partial charge is 0.460 e. The summed E-state index contributed by atoms with van der Waals surface area (Å²) in [5, 5.41) is 0. The van der Waals surface area contributed by atoms with Crippen LogP contribution in [0, 0.1) is 0 Å². The molecule has 0 fully saturated rings. The largest absolute Gasteiger partial charge is 0.496 e. The van der Waals surface area contributed by atoms with Gasteiger partial charge >= 0.3 is 71.6 Å². The minimum atomic E-state index is -8.39. The van der Waals surface area contributed by atoms with Crippen LogP contribution in [-0.4, -0.2) is 74.0 Å². The summed E-state index contributed by atoms with van der Waals surface area (Å²) in [6.07, 6.45) is -15.6. The fourth-order valence-electron chi connectivity index (χ4n) is 4.13. The zero-order valence-corrected chi connectivity index (χ0v) is 25.1. The standard InChI is InChI=1S/C26H12F26O2/c1-53-13-5-3-9(15(27,28)17(31,32)19(35,36)21(39,40)23(43,44)25(47,48)49)7-11(13)12-8-10(4-6-14(12)54-2)16(29,30)18(33,34)20(37,38)22(41,42)24(45,46)26(50,51)52/h3-8H,1-2H3. The van der Waals surface area contributed by atoms with Crippen LogP contribution in [0.4, 0.5) is 114 Å². The topological polar surface area (TPSA) is 18.5 Å². The predicted octanol–water partition coefficient (Wildman–Crippen LogP) is 11.8. The third kappa shape index (κ3) is 6.15. The molecule has 0 saturated heterocycles. The van der Waals surface area contributed by atoms with Crippen molar-refractivity contribution < 1.29 is 124 Å². The lowest BCUT2D eigenvalue weighted by Crippen LogP contribution is -2.69. The lowest BCUT2D eigenvalue weighted by molar-refractivity contribution is -0.441. The van der Waals surface area contributed by atoms with Gasteiger partial charge in [-0.25, -0.2) is 0 Å². The van der Waals surface area contributed by atoms with Gasteiger partial charge in [0, 0.05) is 22.3 Å². The lowest BCUT2D eigenvalue weighted by Gasteiger charge is -2.40. The molecule has 0 N–H and O–H groups in total. The molecule has 0 aliphatic heterocycles. The molecule has 0 aromatic heterocycles. The fourth-order valence-corrected chi connectivity index (χ4v) is 4.13. The van der Waals surface area contributed by atoms with Crippen molar-refractivity contribution in [2.45, 2.75) is 71.6 Å². The van der Waals surface area contributed by atoms with Crippen LogP contribution in [-0.2, 0) is 11.8 Å². The number of methoxy groups -OCH3 is 2. The van der Waals surface area contributed by atoms with Crippen molar-refractivity contribution in [3.05, 3.63) is 47.5 Å². The van der Waals surface area contributed by atoms with Crippen LogP contribution in [0.2, 0.25) is 0 Å². The normalized spacial score (nSPS) is 15.4. The molecule has 2 nitrogen and oxygen atoms in total. The van der Waals surface area contributed by atoms with Gasteiger partial charge in [0.2, 0.25) is 0 Å². The van der Waals surface area contributed by atoms with Crippen molar-refractivity contribution in [2.75, 3.05) is 14.2 Å². The Hall–Kier alpha value is -3.78. The minimum absolute atomic E-state index is 0.137. The summed E-state index contributed by atoms with van der Waals surface area (Å²) >= 11 is 0. The molecule has 2 rings (SSSR count). The first-order chi connectivity index (χ1) is 23.6. The van der Waals surface area contributed by atoms with E-state index in [0.29, 0.717) is 14.2 Å². The summed E-state index contributed by atoms with van der Waals surface area (Å²) in [6, 6.07) is -2.82. The van der Waals surface area contributed by atoms with E-state index in [1.807, 2.05) is 0 Å². The highest BCUT2D eigenvalue weighted by atomic mass is 19.4. The van der Waals surface area contributed by atoms with Crippen LogP contribution in [0.5, 0.6) is 11.5 Å².